The Morgan fingerprint density at radius 1 is 1.20 bits per heavy atom. The van der Waals surface area contributed by atoms with Gasteiger partial charge in [0.05, 0.1) is 11.6 Å². The first-order valence-electron chi connectivity index (χ1n) is 6.30. The molecule has 0 saturated carbocycles. The largest absolute Gasteiger partial charge is 0.363 e. The molecule has 3 aromatic rings. The molecule has 0 unspecified atom stereocenters. The maximum absolute atomic E-state index is 12.9. The highest BCUT2D eigenvalue weighted by molar-refractivity contribution is 5.86. The van der Waals surface area contributed by atoms with Gasteiger partial charge in [0.2, 0.25) is 0 Å². The molecule has 5 nitrogen and oxygen atoms in total. The van der Waals surface area contributed by atoms with Crippen LogP contribution in [0.15, 0.2) is 36.8 Å². The van der Waals surface area contributed by atoms with Gasteiger partial charge in [-0.1, -0.05) is 12.1 Å². The molecule has 0 aliphatic carbocycles. The van der Waals surface area contributed by atoms with E-state index in [-0.39, 0.29) is 11.9 Å². The minimum absolute atomic E-state index is 0.00825. The third-order valence-electron chi connectivity index (χ3n) is 3.25. The van der Waals surface area contributed by atoms with Gasteiger partial charge in [-0.15, -0.1) is 0 Å². The van der Waals surface area contributed by atoms with Crippen molar-refractivity contribution in [3.63, 3.8) is 0 Å². The van der Waals surface area contributed by atoms with Crippen LogP contribution in [-0.4, -0.2) is 19.7 Å². The predicted molar refractivity (Wildman–Crippen MR) is 74.7 cm³/mol. The van der Waals surface area contributed by atoms with Gasteiger partial charge in [-0.3, -0.25) is 4.68 Å². The van der Waals surface area contributed by atoms with Crippen LogP contribution in [0.3, 0.4) is 0 Å². The van der Waals surface area contributed by atoms with Crippen molar-refractivity contribution in [1.29, 1.82) is 0 Å². The topological polar surface area (TPSA) is 55.6 Å². The van der Waals surface area contributed by atoms with Gasteiger partial charge in [-0.25, -0.2) is 14.4 Å². The molecule has 1 aromatic carbocycles. The molecule has 2 aromatic heterocycles. The lowest BCUT2D eigenvalue weighted by atomic mass is 10.1. The first-order chi connectivity index (χ1) is 9.65. The molecule has 0 spiro atoms. The minimum Gasteiger partial charge on any atom is -0.363 e. The molecule has 1 atom stereocenters. The highest BCUT2D eigenvalue weighted by Gasteiger charge is 2.11. The molecule has 0 radical (unpaired) electrons. The molecule has 0 aliphatic rings. The van der Waals surface area contributed by atoms with E-state index in [1.165, 1.54) is 18.5 Å². The molecule has 1 N–H and O–H groups in total. The van der Waals surface area contributed by atoms with Gasteiger partial charge in [0.15, 0.2) is 5.65 Å². The fourth-order valence-corrected chi connectivity index (χ4v) is 2.12. The number of fused-ring (bicyclic) bond motifs is 1. The Morgan fingerprint density at radius 3 is 2.70 bits per heavy atom. The second kappa shape index (κ2) is 4.88. The first kappa shape index (κ1) is 12.5. The van der Waals surface area contributed by atoms with Gasteiger partial charge in [0.25, 0.3) is 0 Å². The number of aromatic nitrogens is 4. The number of benzene rings is 1. The van der Waals surface area contributed by atoms with Gasteiger partial charge in [-0.05, 0) is 24.6 Å². The maximum atomic E-state index is 12.9. The van der Waals surface area contributed by atoms with Gasteiger partial charge in [0, 0.05) is 13.1 Å². The summed E-state index contributed by atoms with van der Waals surface area (Å²) >= 11 is 0. The Labute approximate surface area is 115 Å². The third kappa shape index (κ3) is 2.20. The van der Waals surface area contributed by atoms with E-state index in [1.54, 1.807) is 23.0 Å². The second-order valence-electron chi connectivity index (χ2n) is 4.65. The van der Waals surface area contributed by atoms with Crippen molar-refractivity contribution in [1.82, 2.24) is 19.7 Å². The number of hydrogen-bond acceptors (Lipinski definition) is 4. The molecule has 3 rings (SSSR count). The molecule has 0 amide bonds. The average Bonchev–Trinajstić information content (AvgIpc) is 2.82. The van der Waals surface area contributed by atoms with E-state index in [4.69, 9.17) is 0 Å². The van der Waals surface area contributed by atoms with Crippen molar-refractivity contribution in [2.45, 2.75) is 13.0 Å². The molecule has 20 heavy (non-hydrogen) atoms. The van der Waals surface area contributed by atoms with Crippen molar-refractivity contribution in [3.05, 3.63) is 48.2 Å². The van der Waals surface area contributed by atoms with Gasteiger partial charge in [-0.2, -0.15) is 5.10 Å². The molecule has 0 bridgehead atoms. The van der Waals surface area contributed by atoms with Crippen LogP contribution in [0, 0.1) is 5.82 Å². The molecular formula is C14H14FN5. The Morgan fingerprint density at radius 2 is 1.95 bits per heavy atom. The zero-order chi connectivity index (χ0) is 14.1. The Kier molecular flexibility index (Phi) is 3.06. The van der Waals surface area contributed by atoms with Crippen molar-refractivity contribution in [2.24, 2.45) is 7.05 Å². The van der Waals surface area contributed by atoms with Crippen molar-refractivity contribution in [2.75, 3.05) is 5.32 Å². The maximum Gasteiger partial charge on any atom is 0.163 e. The van der Waals surface area contributed by atoms with E-state index in [2.05, 4.69) is 20.4 Å². The second-order valence-corrected chi connectivity index (χ2v) is 4.65. The van der Waals surface area contributed by atoms with E-state index in [1.807, 2.05) is 14.0 Å². The summed E-state index contributed by atoms with van der Waals surface area (Å²) in [6.45, 7) is 2.00. The van der Waals surface area contributed by atoms with Crippen LogP contribution in [0.5, 0.6) is 0 Å². The van der Waals surface area contributed by atoms with E-state index < -0.39 is 0 Å². The average molecular weight is 271 g/mol. The normalized spacial score (nSPS) is 12.6. The first-order valence-corrected chi connectivity index (χ1v) is 6.30. The molecule has 6 heteroatoms. The lowest BCUT2D eigenvalue weighted by Gasteiger charge is -2.15. The van der Waals surface area contributed by atoms with E-state index in [9.17, 15) is 4.39 Å². The molecule has 0 fully saturated rings. The van der Waals surface area contributed by atoms with Crippen molar-refractivity contribution >= 4 is 16.9 Å². The fraction of sp³-hybridized carbons (Fsp3) is 0.214. The van der Waals surface area contributed by atoms with Crippen LogP contribution >= 0.6 is 0 Å². The van der Waals surface area contributed by atoms with Crippen LogP contribution in [-0.2, 0) is 7.05 Å². The smallest absolute Gasteiger partial charge is 0.163 e. The summed E-state index contributed by atoms with van der Waals surface area (Å²) in [5.41, 5.74) is 1.76. The number of halogens is 1. The van der Waals surface area contributed by atoms with Crippen LogP contribution in [0.4, 0.5) is 10.2 Å². The van der Waals surface area contributed by atoms with Gasteiger partial charge >= 0.3 is 0 Å². The van der Waals surface area contributed by atoms with E-state index in [0.717, 1.165) is 22.4 Å². The molecular weight excluding hydrogens is 257 g/mol. The predicted octanol–water partition coefficient (Wildman–Crippen LogP) is 2.68. The summed E-state index contributed by atoms with van der Waals surface area (Å²) in [5.74, 6) is 0.484. The summed E-state index contributed by atoms with van der Waals surface area (Å²) in [7, 11) is 1.84. The summed E-state index contributed by atoms with van der Waals surface area (Å²) in [5, 5.41) is 8.34. The van der Waals surface area contributed by atoms with Crippen LogP contribution in [0.1, 0.15) is 18.5 Å². The summed E-state index contributed by atoms with van der Waals surface area (Å²) in [4.78, 5) is 8.45. The number of nitrogens with zero attached hydrogens (tertiary/aromatic N) is 4. The number of anilines is 1. The number of rotatable bonds is 3. The molecule has 0 aliphatic heterocycles. The third-order valence-corrected chi connectivity index (χ3v) is 3.25. The zero-order valence-corrected chi connectivity index (χ0v) is 11.2. The fourth-order valence-electron chi connectivity index (χ4n) is 2.12. The van der Waals surface area contributed by atoms with E-state index >= 15 is 0 Å². The quantitative estimate of drug-likeness (QED) is 0.795. The summed E-state index contributed by atoms with van der Waals surface area (Å²) in [6.07, 6.45) is 3.23. The Balaban J connectivity index is 1.91. The minimum atomic E-state index is -0.238. The zero-order valence-electron chi connectivity index (χ0n) is 11.2. The summed E-state index contributed by atoms with van der Waals surface area (Å²) in [6, 6.07) is 6.43. The van der Waals surface area contributed by atoms with Crippen molar-refractivity contribution < 1.29 is 4.39 Å². The number of nitrogens with one attached hydrogen (secondary N) is 1. The van der Waals surface area contributed by atoms with Crippen LogP contribution in [0.25, 0.3) is 11.0 Å². The number of aryl methyl sites for hydroxylation is 1. The van der Waals surface area contributed by atoms with Gasteiger partial charge < -0.3 is 5.32 Å². The van der Waals surface area contributed by atoms with Gasteiger partial charge in [0.1, 0.15) is 18.0 Å². The lowest BCUT2D eigenvalue weighted by molar-refractivity contribution is 0.626. The molecule has 0 saturated heterocycles. The molecule has 102 valence electrons. The number of hydrogen-bond donors (Lipinski definition) is 1. The Hall–Kier alpha value is -2.50. The standard InChI is InChI=1S/C14H14FN5/c1-9(10-3-5-11(15)6-4-10)19-13-12-7-18-20(2)14(12)17-8-16-13/h3-9H,1-2H3,(H,16,17,19)/t9-/m1/s1. The Bertz CT molecular complexity index is 735. The SMILES string of the molecule is C[C@@H](Nc1ncnc2c1cnn2C)c1ccc(F)cc1. The van der Waals surface area contributed by atoms with Crippen molar-refractivity contribution in [3.8, 4) is 0 Å². The highest BCUT2D eigenvalue weighted by Crippen LogP contribution is 2.23. The van der Waals surface area contributed by atoms with E-state index in [0.29, 0.717) is 0 Å². The highest BCUT2D eigenvalue weighted by atomic mass is 19.1. The van der Waals surface area contributed by atoms with Crippen LogP contribution in [0.2, 0.25) is 0 Å². The van der Waals surface area contributed by atoms with Crippen LogP contribution < -0.4 is 5.32 Å². The monoisotopic (exact) mass is 271 g/mol. The lowest BCUT2D eigenvalue weighted by Crippen LogP contribution is -2.08. The summed E-state index contributed by atoms with van der Waals surface area (Å²) < 4.78 is 14.6. The molecule has 2 heterocycles.